The van der Waals surface area contributed by atoms with Gasteiger partial charge in [-0.25, -0.2) is 0 Å². The minimum atomic E-state index is -0.0268. The van der Waals surface area contributed by atoms with E-state index in [1.165, 1.54) is 0 Å². The second kappa shape index (κ2) is 4.73. The van der Waals surface area contributed by atoms with Gasteiger partial charge in [0.15, 0.2) is 5.78 Å². The van der Waals surface area contributed by atoms with E-state index in [9.17, 15) is 9.59 Å². The molecule has 0 radical (unpaired) electrons. The van der Waals surface area contributed by atoms with E-state index in [-0.39, 0.29) is 30.2 Å². The largest absolute Gasteiger partial charge is 0.352 e. The summed E-state index contributed by atoms with van der Waals surface area (Å²) in [5.74, 6) is 0.421. The van der Waals surface area contributed by atoms with Crippen molar-refractivity contribution in [3.05, 3.63) is 24.0 Å². The van der Waals surface area contributed by atoms with Crippen LogP contribution in [-0.4, -0.2) is 22.3 Å². The zero-order valence-corrected chi connectivity index (χ0v) is 10.3. The molecule has 1 aliphatic rings. The zero-order chi connectivity index (χ0) is 12.4. The first-order valence-electron chi connectivity index (χ1n) is 6.05. The smallest absolute Gasteiger partial charge is 0.240 e. The third-order valence-electron chi connectivity index (χ3n) is 2.76. The molecule has 1 aromatic heterocycles. The zero-order valence-electron chi connectivity index (χ0n) is 10.3. The average Bonchev–Trinajstić information content (AvgIpc) is 2.98. The minimum absolute atomic E-state index is 0.0268. The summed E-state index contributed by atoms with van der Waals surface area (Å²) in [4.78, 5) is 23.3. The van der Waals surface area contributed by atoms with Crippen LogP contribution in [0.5, 0.6) is 0 Å². The number of hydrogen-bond donors (Lipinski definition) is 1. The standard InChI is InChI=1S/C13H18N2O2/c1-9(2)14-12(16)8-15-6-5-11(7-15)13(17)10-3-4-10/h5-7,9-10H,3-4,8H2,1-2H3,(H,14,16). The Hall–Kier alpha value is -1.58. The molecular formula is C13H18N2O2. The van der Waals surface area contributed by atoms with Crippen LogP contribution in [0.4, 0.5) is 0 Å². The predicted molar refractivity (Wildman–Crippen MR) is 64.8 cm³/mol. The van der Waals surface area contributed by atoms with Gasteiger partial charge < -0.3 is 9.88 Å². The van der Waals surface area contributed by atoms with E-state index in [4.69, 9.17) is 0 Å². The first-order chi connectivity index (χ1) is 8.06. The summed E-state index contributed by atoms with van der Waals surface area (Å²) in [7, 11) is 0. The maximum atomic E-state index is 11.8. The number of nitrogens with zero attached hydrogens (tertiary/aromatic N) is 1. The van der Waals surface area contributed by atoms with Crippen molar-refractivity contribution in [3.8, 4) is 0 Å². The van der Waals surface area contributed by atoms with Crippen molar-refractivity contribution in [2.45, 2.75) is 39.3 Å². The molecule has 1 aliphatic carbocycles. The number of Topliss-reactive ketones (excluding diaryl/α,β-unsaturated/α-hetero) is 1. The van der Waals surface area contributed by atoms with Gasteiger partial charge in [0.25, 0.3) is 0 Å². The normalized spacial score (nSPS) is 15.0. The molecule has 92 valence electrons. The number of amides is 1. The van der Waals surface area contributed by atoms with Crippen LogP contribution in [0.2, 0.25) is 0 Å². The highest BCUT2D eigenvalue weighted by Crippen LogP contribution is 2.32. The highest BCUT2D eigenvalue weighted by atomic mass is 16.2. The fraction of sp³-hybridized carbons (Fsp3) is 0.538. The van der Waals surface area contributed by atoms with Gasteiger partial charge in [-0.1, -0.05) is 0 Å². The van der Waals surface area contributed by atoms with Crippen molar-refractivity contribution in [2.75, 3.05) is 0 Å². The number of carbonyl (C=O) groups is 2. The number of rotatable bonds is 5. The number of nitrogens with one attached hydrogen (secondary N) is 1. The summed E-state index contributed by atoms with van der Waals surface area (Å²) in [5, 5.41) is 2.82. The van der Waals surface area contributed by atoms with Crippen molar-refractivity contribution in [1.29, 1.82) is 0 Å². The van der Waals surface area contributed by atoms with E-state index in [1.807, 2.05) is 13.8 Å². The number of ketones is 1. The number of aromatic nitrogens is 1. The molecule has 1 fully saturated rings. The first kappa shape index (κ1) is 11.9. The lowest BCUT2D eigenvalue weighted by atomic mass is 10.1. The first-order valence-corrected chi connectivity index (χ1v) is 6.05. The highest BCUT2D eigenvalue weighted by molar-refractivity contribution is 5.99. The molecule has 0 aromatic carbocycles. The van der Waals surface area contributed by atoms with E-state index < -0.39 is 0 Å². The van der Waals surface area contributed by atoms with Crippen molar-refractivity contribution < 1.29 is 9.59 Å². The molecule has 0 aliphatic heterocycles. The molecule has 17 heavy (non-hydrogen) atoms. The molecule has 0 saturated heterocycles. The molecule has 1 N–H and O–H groups in total. The van der Waals surface area contributed by atoms with Gasteiger partial charge in [-0.2, -0.15) is 0 Å². The summed E-state index contributed by atoms with van der Waals surface area (Å²) >= 11 is 0. The van der Waals surface area contributed by atoms with Crippen LogP contribution in [0.3, 0.4) is 0 Å². The van der Waals surface area contributed by atoms with Gasteiger partial charge in [0.2, 0.25) is 5.91 Å². The molecule has 0 bridgehead atoms. The van der Waals surface area contributed by atoms with Gasteiger partial charge >= 0.3 is 0 Å². The second-order valence-corrected chi connectivity index (χ2v) is 4.93. The Morgan fingerprint density at radius 3 is 2.76 bits per heavy atom. The monoisotopic (exact) mass is 234 g/mol. The molecule has 0 atom stereocenters. The maximum absolute atomic E-state index is 11.8. The molecule has 4 nitrogen and oxygen atoms in total. The average molecular weight is 234 g/mol. The Morgan fingerprint density at radius 1 is 1.47 bits per heavy atom. The van der Waals surface area contributed by atoms with E-state index in [1.54, 1.807) is 23.0 Å². The summed E-state index contributed by atoms with van der Waals surface area (Å²) in [6, 6.07) is 1.94. The third kappa shape index (κ3) is 3.19. The van der Waals surface area contributed by atoms with E-state index in [2.05, 4.69) is 5.32 Å². The van der Waals surface area contributed by atoms with E-state index in [0.29, 0.717) is 0 Å². The second-order valence-electron chi connectivity index (χ2n) is 4.93. The van der Waals surface area contributed by atoms with Gasteiger partial charge in [0, 0.05) is 29.9 Å². The lowest BCUT2D eigenvalue weighted by molar-refractivity contribution is -0.122. The van der Waals surface area contributed by atoms with Crippen molar-refractivity contribution in [1.82, 2.24) is 9.88 Å². The fourth-order valence-corrected chi connectivity index (χ4v) is 1.80. The minimum Gasteiger partial charge on any atom is -0.352 e. The van der Waals surface area contributed by atoms with Crippen molar-refractivity contribution in [2.24, 2.45) is 5.92 Å². The van der Waals surface area contributed by atoms with Crippen LogP contribution < -0.4 is 5.32 Å². The molecule has 1 saturated carbocycles. The third-order valence-corrected chi connectivity index (χ3v) is 2.76. The van der Waals surface area contributed by atoms with Gasteiger partial charge in [0.05, 0.1) is 0 Å². The van der Waals surface area contributed by atoms with E-state index in [0.717, 1.165) is 18.4 Å². The quantitative estimate of drug-likeness (QED) is 0.787. The van der Waals surface area contributed by atoms with Gasteiger partial charge in [-0.05, 0) is 32.8 Å². The molecule has 1 aromatic rings. The molecular weight excluding hydrogens is 216 g/mol. The van der Waals surface area contributed by atoms with Crippen LogP contribution in [0.15, 0.2) is 18.5 Å². The molecule has 1 amide bonds. The van der Waals surface area contributed by atoms with Crippen molar-refractivity contribution >= 4 is 11.7 Å². The Balaban J connectivity index is 1.93. The Labute approximate surface area is 101 Å². The summed E-state index contributed by atoms with van der Waals surface area (Å²) in [6.45, 7) is 4.13. The number of carbonyl (C=O) groups excluding carboxylic acids is 2. The SMILES string of the molecule is CC(C)NC(=O)Cn1ccc(C(=O)C2CC2)c1. The van der Waals surface area contributed by atoms with Crippen LogP contribution in [-0.2, 0) is 11.3 Å². The highest BCUT2D eigenvalue weighted by Gasteiger charge is 2.30. The molecule has 0 unspecified atom stereocenters. The van der Waals surface area contributed by atoms with Gasteiger partial charge in [-0.3, -0.25) is 9.59 Å². The van der Waals surface area contributed by atoms with Crippen LogP contribution >= 0.6 is 0 Å². The Morgan fingerprint density at radius 2 is 2.18 bits per heavy atom. The van der Waals surface area contributed by atoms with E-state index >= 15 is 0 Å². The lowest BCUT2D eigenvalue weighted by Gasteiger charge is -2.08. The molecule has 4 heteroatoms. The summed E-state index contributed by atoms with van der Waals surface area (Å²) < 4.78 is 1.76. The Kier molecular flexibility index (Phi) is 3.31. The van der Waals surface area contributed by atoms with Crippen LogP contribution in [0.25, 0.3) is 0 Å². The van der Waals surface area contributed by atoms with Crippen LogP contribution in [0, 0.1) is 5.92 Å². The lowest BCUT2D eigenvalue weighted by Crippen LogP contribution is -2.32. The Bertz CT molecular complexity index is 430. The predicted octanol–water partition coefficient (Wildman–Crippen LogP) is 1.61. The van der Waals surface area contributed by atoms with Crippen molar-refractivity contribution in [3.63, 3.8) is 0 Å². The fourth-order valence-electron chi connectivity index (χ4n) is 1.80. The number of hydrogen-bond acceptors (Lipinski definition) is 2. The van der Waals surface area contributed by atoms with Crippen LogP contribution in [0.1, 0.15) is 37.0 Å². The molecule has 2 rings (SSSR count). The maximum Gasteiger partial charge on any atom is 0.240 e. The van der Waals surface area contributed by atoms with Gasteiger partial charge in [0.1, 0.15) is 6.54 Å². The summed E-state index contributed by atoms with van der Waals surface area (Å²) in [5.41, 5.74) is 0.727. The topological polar surface area (TPSA) is 51.1 Å². The molecule has 1 heterocycles. The van der Waals surface area contributed by atoms with Gasteiger partial charge in [-0.15, -0.1) is 0 Å². The molecule has 0 spiro atoms. The summed E-state index contributed by atoms with van der Waals surface area (Å²) in [6.07, 6.45) is 5.58.